The molecule has 142 valence electrons. The molecule has 1 nitrogen and oxygen atoms in total. The molecule has 0 radical (unpaired) electrons. The van der Waals surface area contributed by atoms with Crippen molar-refractivity contribution in [3.63, 3.8) is 0 Å². The van der Waals surface area contributed by atoms with Gasteiger partial charge in [-0.1, -0.05) is 56.3 Å². The van der Waals surface area contributed by atoms with E-state index in [9.17, 15) is 4.39 Å². The van der Waals surface area contributed by atoms with Crippen LogP contribution in [0.25, 0.3) is 11.1 Å². The van der Waals surface area contributed by atoms with Gasteiger partial charge in [-0.3, -0.25) is 0 Å². The zero-order chi connectivity index (χ0) is 19.2. The summed E-state index contributed by atoms with van der Waals surface area (Å²) in [4.78, 5) is 0. The van der Waals surface area contributed by atoms with E-state index in [1.54, 1.807) is 17.7 Å². The van der Waals surface area contributed by atoms with Gasteiger partial charge in [0, 0.05) is 5.56 Å². The molecule has 2 bridgehead atoms. The predicted molar refractivity (Wildman–Crippen MR) is 111 cm³/mol. The van der Waals surface area contributed by atoms with Crippen molar-refractivity contribution < 1.29 is 8.87 Å². The van der Waals surface area contributed by atoms with Crippen molar-refractivity contribution in [3.8, 4) is 11.1 Å². The average Bonchev–Trinajstić information content (AvgIpc) is 2.61. The van der Waals surface area contributed by atoms with E-state index in [-0.39, 0.29) is 5.82 Å². The molecule has 2 heteroatoms. The van der Waals surface area contributed by atoms with Crippen LogP contribution >= 0.6 is 0 Å². The summed E-state index contributed by atoms with van der Waals surface area (Å²) < 4.78 is 14.4. The van der Waals surface area contributed by atoms with Crippen molar-refractivity contribution in [2.45, 2.75) is 33.2 Å². The largest absolute Gasteiger partial charge is 0.321 e. The van der Waals surface area contributed by atoms with Crippen LogP contribution in [0.2, 0.25) is 0 Å². The fourth-order valence-electron chi connectivity index (χ4n) is 5.17. The van der Waals surface area contributed by atoms with E-state index in [1.807, 2.05) is 6.07 Å². The molecule has 0 heterocycles. The molecule has 0 unspecified atom stereocenters. The van der Waals surface area contributed by atoms with E-state index in [1.165, 1.54) is 24.5 Å². The topological polar surface area (TPSA) is 0 Å². The van der Waals surface area contributed by atoms with Crippen LogP contribution in [0.4, 0.5) is 4.39 Å². The second kappa shape index (κ2) is 6.60. The molecule has 0 aromatic heterocycles. The minimum atomic E-state index is -0.184. The van der Waals surface area contributed by atoms with Crippen molar-refractivity contribution in [2.75, 3.05) is 20.6 Å². The molecule has 1 saturated carbocycles. The normalized spacial score (nSPS) is 23.5. The average molecular weight is 365 g/mol. The van der Waals surface area contributed by atoms with Crippen LogP contribution in [0.15, 0.2) is 60.2 Å². The van der Waals surface area contributed by atoms with Crippen LogP contribution < -0.4 is 0 Å². The number of rotatable bonds is 5. The van der Waals surface area contributed by atoms with Gasteiger partial charge in [-0.2, -0.15) is 0 Å². The number of likely N-dealkylation sites (N-methyl/N-ethyl adjacent to an activating group) is 1. The first-order valence-electron chi connectivity index (χ1n) is 10.1. The molecular formula is C25H31FN+. The minimum Gasteiger partial charge on any atom is -0.321 e. The van der Waals surface area contributed by atoms with Gasteiger partial charge >= 0.3 is 0 Å². The molecule has 5 rings (SSSR count). The van der Waals surface area contributed by atoms with Gasteiger partial charge in [0.15, 0.2) is 0 Å². The van der Waals surface area contributed by atoms with Crippen LogP contribution in [0.1, 0.15) is 32.3 Å². The Bertz CT molecular complexity index is 860. The number of hydrogen-bond donors (Lipinski definition) is 0. The lowest BCUT2D eigenvalue weighted by atomic mass is 9.49. The number of halogens is 1. The molecule has 0 N–H and O–H groups in total. The van der Waals surface area contributed by atoms with Crippen molar-refractivity contribution in [2.24, 2.45) is 17.3 Å². The maximum atomic E-state index is 13.5. The lowest BCUT2D eigenvalue weighted by Gasteiger charge is -2.57. The van der Waals surface area contributed by atoms with Crippen LogP contribution in [-0.4, -0.2) is 25.1 Å². The molecule has 27 heavy (non-hydrogen) atoms. The van der Waals surface area contributed by atoms with Crippen LogP contribution in [-0.2, 0) is 6.54 Å². The number of allylic oxidation sites excluding steroid dienone is 1. The Morgan fingerprint density at radius 3 is 2.37 bits per heavy atom. The third-order valence-corrected chi connectivity index (χ3v) is 6.92. The lowest BCUT2D eigenvalue weighted by Crippen LogP contribution is -2.52. The molecule has 2 aromatic carbocycles. The summed E-state index contributed by atoms with van der Waals surface area (Å²) in [6.07, 6.45) is 5.18. The van der Waals surface area contributed by atoms with Crippen molar-refractivity contribution >= 4 is 0 Å². The molecule has 2 aromatic rings. The van der Waals surface area contributed by atoms with Gasteiger partial charge in [-0.05, 0) is 58.9 Å². The van der Waals surface area contributed by atoms with Crippen molar-refractivity contribution in [1.29, 1.82) is 0 Å². The maximum absolute atomic E-state index is 13.5. The monoisotopic (exact) mass is 364 g/mol. The molecule has 0 amide bonds. The van der Waals surface area contributed by atoms with Crippen molar-refractivity contribution in [1.82, 2.24) is 0 Å². The van der Waals surface area contributed by atoms with E-state index >= 15 is 0 Å². The van der Waals surface area contributed by atoms with E-state index in [2.05, 4.69) is 58.3 Å². The van der Waals surface area contributed by atoms with Gasteiger partial charge in [0.2, 0.25) is 0 Å². The number of quaternary nitrogens is 1. The highest BCUT2D eigenvalue weighted by Gasteiger charge is 2.52. The molecule has 1 fully saturated rings. The van der Waals surface area contributed by atoms with Crippen LogP contribution in [0, 0.1) is 23.1 Å². The Kier molecular flexibility index (Phi) is 4.50. The highest BCUT2D eigenvalue weighted by molar-refractivity contribution is 5.63. The quantitative estimate of drug-likeness (QED) is 0.447. The summed E-state index contributed by atoms with van der Waals surface area (Å²) in [6.45, 7) is 7.04. The number of fused-ring (bicyclic) bond motifs is 1. The summed E-state index contributed by atoms with van der Waals surface area (Å²) in [7, 11) is 4.66. The molecular weight excluding hydrogens is 333 g/mol. The zero-order valence-electron chi connectivity index (χ0n) is 17.0. The second-order valence-electron chi connectivity index (χ2n) is 9.78. The van der Waals surface area contributed by atoms with Gasteiger partial charge in [-0.25, -0.2) is 4.39 Å². The highest BCUT2D eigenvalue weighted by atomic mass is 19.1. The van der Waals surface area contributed by atoms with Gasteiger partial charge < -0.3 is 4.48 Å². The Balaban J connectivity index is 1.44. The summed E-state index contributed by atoms with van der Waals surface area (Å²) in [5, 5.41) is 0. The fourth-order valence-corrected chi connectivity index (χ4v) is 5.17. The van der Waals surface area contributed by atoms with E-state index in [0.29, 0.717) is 5.41 Å². The summed E-state index contributed by atoms with van der Waals surface area (Å²) in [5.41, 5.74) is 5.51. The molecule has 0 aliphatic heterocycles. The first kappa shape index (κ1) is 18.4. The maximum Gasteiger partial charge on any atom is 0.123 e. The Labute approximate surface area is 163 Å². The molecule has 3 aliphatic rings. The Morgan fingerprint density at radius 2 is 1.74 bits per heavy atom. The summed E-state index contributed by atoms with van der Waals surface area (Å²) >= 11 is 0. The third kappa shape index (κ3) is 3.60. The summed E-state index contributed by atoms with van der Waals surface area (Å²) in [6, 6.07) is 15.4. The minimum absolute atomic E-state index is 0.184. The van der Waals surface area contributed by atoms with Gasteiger partial charge in [0.25, 0.3) is 0 Å². The van der Waals surface area contributed by atoms with Gasteiger partial charge in [-0.15, -0.1) is 0 Å². The molecule has 2 atom stereocenters. The Morgan fingerprint density at radius 1 is 1.00 bits per heavy atom. The van der Waals surface area contributed by atoms with Crippen molar-refractivity contribution in [3.05, 3.63) is 71.6 Å². The number of nitrogens with zero attached hydrogens (tertiary/aromatic N) is 1. The molecule has 0 saturated heterocycles. The predicted octanol–water partition coefficient (Wildman–Crippen LogP) is 6.06. The number of benzene rings is 2. The van der Waals surface area contributed by atoms with Gasteiger partial charge in [0.1, 0.15) is 18.9 Å². The summed E-state index contributed by atoms with van der Waals surface area (Å²) in [5.74, 6) is 1.50. The second-order valence-corrected chi connectivity index (χ2v) is 9.78. The van der Waals surface area contributed by atoms with E-state index in [4.69, 9.17) is 0 Å². The molecule has 3 aliphatic carbocycles. The van der Waals surface area contributed by atoms with Gasteiger partial charge in [0.05, 0.1) is 14.1 Å². The Hall–Kier alpha value is -1.93. The zero-order valence-corrected chi connectivity index (χ0v) is 17.0. The first-order chi connectivity index (χ1) is 12.7. The van der Waals surface area contributed by atoms with E-state index in [0.717, 1.165) is 40.5 Å². The fraction of sp³-hybridized carbons (Fsp3) is 0.440. The number of hydrogen-bond acceptors (Lipinski definition) is 0. The van der Waals surface area contributed by atoms with E-state index < -0.39 is 0 Å². The smallest absolute Gasteiger partial charge is 0.123 e. The first-order valence-corrected chi connectivity index (χ1v) is 10.1. The lowest BCUT2D eigenvalue weighted by molar-refractivity contribution is -0.899. The standard InChI is InChI=1S/C25H31FN/c1-25(2)22-13-12-21(24(25)15-22)17-27(3,4)16-18-8-10-19(11-9-18)20-6-5-7-23(26)14-20/h5-12,14,22,24H,13,15-17H2,1-4H3/q+1/t22-,24-/m0/s1. The van der Waals surface area contributed by atoms with Crippen LogP contribution in [0.3, 0.4) is 0 Å². The highest BCUT2D eigenvalue weighted by Crippen LogP contribution is 2.59. The molecule has 0 spiro atoms. The van der Waals surface area contributed by atoms with Crippen LogP contribution in [0.5, 0.6) is 0 Å². The third-order valence-electron chi connectivity index (χ3n) is 6.92. The SMILES string of the molecule is CC1(C)[C@H]2CC=C(C[N+](C)(C)Cc3ccc(-c4cccc(F)c4)cc3)[C@@H]1C2.